The van der Waals surface area contributed by atoms with Gasteiger partial charge < -0.3 is 0 Å². The molecule has 2 rings (SSSR count). The maximum Gasteiger partial charge on any atom is 1.00 e. The first-order valence-corrected chi connectivity index (χ1v) is 3.65. The first kappa shape index (κ1) is 10.4. The van der Waals surface area contributed by atoms with Gasteiger partial charge in [0.05, 0.1) is 0 Å². The molecule has 0 saturated heterocycles. The van der Waals surface area contributed by atoms with Crippen molar-refractivity contribution in [3.63, 3.8) is 0 Å². The molecule has 1 aliphatic rings. The van der Waals surface area contributed by atoms with E-state index in [4.69, 9.17) is 0 Å². The number of hydrogen-bond acceptors (Lipinski definition) is 2. The van der Waals surface area contributed by atoms with Crippen LogP contribution in [0.25, 0.3) is 0 Å². The Kier molecular flexibility index (Phi) is 3.20. The second-order valence-corrected chi connectivity index (χ2v) is 2.61. The summed E-state index contributed by atoms with van der Waals surface area (Å²) in [4.78, 5) is 22.4. The molecule has 0 saturated carbocycles. The molecule has 0 fully saturated rings. The third-order valence-electron chi connectivity index (χ3n) is 1.84. The van der Waals surface area contributed by atoms with Crippen LogP contribution >= 0.6 is 0 Å². The summed E-state index contributed by atoms with van der Waals surface area (Å²) in [5.74, 6) is -0.185. The van der Waals surface area contributed by atoms with Gasteiger partial charge in [0, 0.05) is 11.1 Å². The standard InChI is InChI=1S/C10H6O2.Na/c11-9-5-6-10(12)8-4-2-1-3-7(8)9;/h1-6H;/q;+1. The van der Waals surface area contributed by atoms with Crippen molar-refractivity contribution >= 4 is 11.6 Å². The van der Waals surface area contributed by atoms with Crippen LogP contribution in [0.4, 0.5) is 0 Å². The fourth-order valence-electron chi connectivity index (χ4n) is 1.24. The number of allylic oxidation sites excluding steroid dienone is 2. The monoisotopic (exact) mass is 181 g/mol. The predicted octanol–water partition coefficient (Wildman–Crippen LogP) is -1.37. The Morgan fingerprint density at radius 3 is 1.54 bits per heavy atom. The zero-order chi connectivity index (χ0) is 8.55. The van der Waals surface area contributed by atoms with Crippen molar-refractivity contribution in [2.45, 2.75) is 0 Å². The average Bonchev–Trinajstić information content (AvgIpc) is 2.12. The van der Waals surface area contributed by atoms with E-state index in [9.17, 15) is 9.59 Å². The molecule has 1 aromatic carbocycles. The normalized spacial score (nSPS) is 13.5. The fraction of sp³-hybridized carbons (Fsp3) is 0. The Balaban J connectivity index is 0.000000845. The molecule has 0 spiro atoms. The van der Waals surface area contributed by atoms with E-state index in [1.165, 1.54) is 12.2 Å². The number of rotatable bonds is 0. The minimum absolute atomic E-state index is 0. The first-order chi connectivity index (χ1) is 5.79. The number of hydrogen-bond donors (Lipinski definition) is 0. The summed E-state index contributed by atoms with van der Waals surface area (Å²) in [7, 11) is 0. The maximum absolute atomic E-state index is 11.2. The second-order valence-electron chi connectivity index (χ2n) is 2.61. The van der Waals surface area contributed by atoms with E-state index in [1.807, 2.05) is 0 Å². The largest absolute Gasteiger partial charge is 1.00 e. The molecule has 0 radical (unpaired) electrons. The Morgan fingerprint density at radius 1 is 0.769 bits per heavy atom. The van der Waals surface area contributed by atoms with Crippen LogP contribution in [0.1, 0.15) is 20.7 Å². The van der Waals surface area contributed by atoms with Crippen molar-refractivity contribution in [2.75, 3.05) is 0 Å². The van der Waals surface area contributed by atoms with Crippen molar-refractivity contribution < 1.29 is 39.1 Å². The van der Waals surface area contributed by atoms with E-state index in [2.05, 4.69) is 0 Å². The molecular weight excluding hydrogens is 175 g/mol. The van der Waals surface area contributed by atoms with Crippen molar-refractivity contribution in [3.05, 3.63) is 47.5 Å². The Bertz CT molecular complexity index is 357. The maximum atomic E-state index is 11.2. The molecule has 1 aliphatic carbocycles. The summed E-state index contributed by atoms with van der Waals surface area (Å²) in [6, 6.07) is 6.84. The fourth-order valence-corrected chi connectivity index (χ4v) is 1.24. The van der Waals surface area contributed by atoms with Gasteiger partial charge in [-0.2, -0.15) is 0 Å². The van der Waals surface area contributed by atoms with Crippen LogP contribution in [0.5, 0.6) is 0 Å². The summed E-state index contributed by atoms with van der Waals surface area (Å²) in [6.07, 6.45) is 2.62. The average molecular weight is 181 g/mol. The summed E-state index contributed by atoms with van der Waals surface area (Å²) < 4.78 is 0. The van der Waals surface area contributed by atoms with Gasteiger partial charge >= 0.3 is 29.6 Å². The summed E-state index contributed by atoms with van der Waals surface area (Å²) in [5.41, 5.74) is 1.01. The molecule has 0 unspecified atom stereocenters. The summed E-state index contributed by atoms with van der Waals surface area (Å²) in [5, 5.41) is 0. The second kappa shape index (κ2) is 4.01. The van der Waals surface area contributed by atoms with Crippen LogP contribution in [0.2, 0.25) is 0 Å². The smallest absolute Gasteiger partial charge is 0.289 e. The van der Waals surface area contributed by atoms with Gasteiger partial charge in [0.15, 0.2) is 11.6 Å². The van der Waals surface area contributed by atoms with Crippen molar-refractivity contribution in [1.29, 1.82) is 0 Å². The molecule has 0 aliphatic heterocycles. The van der Waals surface area contributed by atoms with Gasteiger partial charge in [-0.05, 0) is 12.2 Å². The van der Waals surface area contributed by atoms with Crippen molar-refractivity contribution in [1.82, 2.24) is 0 Å². The minimum Gasteiger partial charge on any atom is -0.289 e. The molecule has 2 nitrogen and oxygen atoms in total. The van der Waals surface area contributed by atoms with Gasteiger partial charge in [-0.25, -0.2) is 0 Å². The van der Waals surface area contributed by atoms with Crippen LogP contribution < -0.4 is 29.6 Å². The van der Waals surface area contributed by atoms with Crippen LogP contribution in [-0.4, -0.2) is 11.6 Å². The molecule has 0 bridgehead atoms. The topological polar surface area (TPSA) is 34.1 Å². The number of benzene rings is 1. The molecule has 13 heavy (non-hydrogen) atoms. The minimum atomic E-state index is -0.0924. The Labute approximate surface area is 97.9 Å². The van der Waals surface area contributed by atoms with E-state index >= 15 is 0 Å². The van der Waals surface area contributed by atoms with E-state index in [0.29, 0.717) is 11.1 Å². The van der Waals surface area contributed by atoms with Crippen LogP contribution in [0, 0.1) is 0 Å². The van der Waals surface area contributed by atoms with Crippen LogP contribution in [0.15, 0.2) is 36.4 Å². The number of ketones is 2. The zero-order valence-electron chi connectivity index (χ0n) is 7.28. The summed E-state index contributed by atoms with van der Waals surface area (Å²) in [6.45, 7) is 0. The molecule has 0 atom stereocenters. The van der Waals surface area contributed by atoms with Gasteiger partial charge in [-0.15, -0.1) is 0 Å². The molecule has 0 heterocycles. The van der Waals surface area contributed by atoms with Gasteiger partial charge in [0.2, 0.25) is 0 Å². The van der Waals surface area contributed by atoms with Gasteiger partial charge in [-0.3, -0.25) is 9.59 Å². The first-order valence-electron chi connectivity index (χ1n) is 3.65. The zero-order valence-corrected chi connectivity index (χ0v) is 9.28. The number of carbonyl (C=O) groups is 2. The van der Waals surface area contributed by atoms with Crippen molar-refractivity contribution in [3.8, 4) is 0 Å². The molecule has 58 valence electrons. The van der Waals surface area contributed by atoms with E-state index < -0.39 is 0 Å². The van der Waals surface area contributed by atoms with E-state index in [0.717, 1.165) is 0 Å². The SMILES string of the molecule is O=C1C=CC(=O)c2ccccc21.[Na+]. The van der Waals surface area contributed by atoms with Crippen LogP contribution in [-0.2, 0) is 0 Å². The third kappa shape index (κ3) is 1.80. The quantitative estimate of drug-likeness (QED) is 0.462. The van der Waals surface area contributed by atoms with Gasteiger partial charge in [0.1, 0.15) is 0 Å². The molecular formula is C10H6NaO2+. The van der Waals surface area contributed by atoms with E-state index in [1.54, 1.807) is 24.3 Å². The van der Waals surface area contributed by atoms with Crippen LogP contribution in [0.3, 0.4) is 0 Å². The number of fused-ring (bicyclic) bond motifs is 1. The predicted molar refractivity (Wildman–Crippen MR) is 44.2 cm³/mol. The van der Waals surface area contributed by atoms with Gasteiger partial charge in [0.25, 0.3) is 0 Å². The third-order valence-corrected chi connectivity index (χ3v) is 1.84. The Hall–Kier alpha value is -0.700. The molecule has 0 N–H and O–H groups in total. The molecule has 0 aromatic heterocycles. The molecule has 3 heteroatoms. The summed E-state index contributed by atoms with van der Waals surface area (Å²) >= 11 is 0. The van der Waals surface area contributed by atoms with E-state index in [-0.39, 0.29) is 41.1 Å². The van der Waals surface area contributed by atoms with Gasteiger partial charge in [-0.1, -0.05) is 24.3 Å². The number of carbonyl (C=O) groups excluding carboxylic acids is 2. The molecule has 0 amide bonds. The Morgan fingerprint density at radius 2 is 1.15 bits per heavy atom. The van der Waals surface area contributed by atoms with Crippen molar-refractivity contribution in [2.24, 2.45) is 0 Å². The molecule has 1 aromatic rings.